The van der Waals surface area contributed by atoms with Crippen LogP contribution in [0, 0.1) is 23.7 Å². The predicted octanol–water partition coefficient (Wildman–Crippen LogP) is 2.90. The lowest BCUT2D eigenvalue weighted by atomic mass is 9.82. The van der Waals surface area contributed by atoms with Gasteiger partial charge < -0.3 is 20.8 Å². The van der Waals surface area contributed by atoms with Gasteiger partial charge in [-0.25, -0.2) is 0 Å². The highest BCUT2D eigenvalue weighted by molar-refractivity contribution is 5.97. The monoisotopic (exact) mass is 412 g/mol. The molecule has 0 fully saturated rings. The first-order valence-electron chi connectivity index (χ1n) is 9.84. The van der Waals surface area contributed by atoms with Crippen LogP contribution in [0.25, 0.3) is 0 Å². The van der Waals surface area contributed by atoms with Crippen LogP contribution < -0.4 is 10.6 Å². The van der Waals surface area contributed by atoms with E-state index in [9.17, 15) is 29.4 Å². The van der Waals surface area contributed by atoms with E-state index in [-0.39, 0.29) is 11.8 Å². The van der Waals surface area contributed by atoms with Crippen molar-refractivity contribution in [2.24, 2.45) is 23.7 Å². The van der Waals surface area contributed by atoms with Crippen molar-refractivity contribution < 1.29 is 29.4 Å². The van der Waals surface area contributed by atoms with E-state index < -0.39 is 35.6 Å². The van der Waals surface area contributed by atoms with E-state index in [1.165, 1.54) is 0 Å². The van der Waals surface area contributed by atoms with E-state index >= 15 is 0 Å². The summed E-state index contributed by atoms with van der Waals surface area (Å²) >= 11 is 0. The van der Waals surface area contributed by atoms with Crippen molar-refractivity contribution in [1.29, 1.82) is 0 Å². The Morgan fingerprint density at radius 2 is 0.900 bits per heavy atom. The van der Waals surface area contributed by atoms with Gasteiger partial charge in [-0.15, -0.1) is 0 Å². The number of hydrogen-bond acceptors (Lipinski definition) is 4. The first-order valence-corrected chi connectivity index (χ1v) is 9.84. The lowest BCUT2D eigenvalue weighted by Gasteiger charge is -2.24. The number of aliphatic carboxylic acids is 2. The van der Waals surface area contributed by atoms with Crippen LogP contribution in [0.4, 0.5) is 11.4 Å². The molecule has 1 aromatic rings. The molecular formula is C22H24N2O6. The zero-order chi connectivity index (χ0) is 21.7. The lowest BCUT2D eigenvalue weighted by Crippen LogP contribution is -2.35. The Labute approximate surface area is 173 Å². The average molecular weight is 412 g/mol. The number of allylic oxidation sites excluding steroid dienone is 4. The van der Waals surface area contributed by atoms with E-state index in [1.54, 1.807) is 36.4 Å². The van der Waals surface area contributed by atoms with Crippen LogP contribution in [0.15, 0.2) is 48.6 Å². The molecule has 30 heavy (non-hydrogen) atoms. The Morgan fingerprint density at radius 3 is 1.20 bits per heavy atom. The molecule has 0 spiro atoms. The van der Waals surface area contributed by atoms with Gasteiger partial charge in [-0.3, -0.25) is 19.2 Å². The number of carbonyl (C=O) groups is 4. The summed E-state index contributed by atoms with van der Waals surface area (Å²) in [5, 5.41) is 24.1. The van der Waals surface area contributed by atoms with Gasteiger partial charge in [0, 0.05) is 11.4 Å². The summed E-state index contributed by atoms with van der Waals surface area (Å²) in [5.74, 6) is -5.48. The van der Waals surface area contributed by atoms with Gasteiger partial charge in [0.25, 0.3) is 0 Å². The fraction of sp³-hybridized carbons (Fsp3) is 0.364. The largest absolute Gasteiger partial charge is 0.481 e. The maximum absolute atomic E-state index is 12.5. The fourth-order valence-corrected chi connectivity index (χ4v) is 3.86. The van der Waals surface area contributed by atoms with Crippen LogP contribution in [0.5, 0.6) is 0 Å². The quantitative estimate of drug-likeness (QED) is 0.531. The Morgan fingerprint density at radius 1 is 0.600 bits per heavy atom. The van der Waals surface area contributed by atoms with E-state index in [0.717, 1.165) is 0 Å². The molecule has 8 heteroatoms. The number of carbonyl (C=O) groups excluding carboxylic acids is 2. The number of anilines is 2. The van der Waals surface area contributed by atoms with Crippen LogP contribution in [-0.2, 0) is 19.2 Å². The van der Waals surface area contributed by atoms with Crippen LogP contribution in [0.2, 0.25) is 0 Å². The molecule has 4 atom stereocenters. The molecule has 0 aliphatic heterocycles. The molecule has 158 valence electrons. The minimum Gasteiger partial charge on any atom is -0.481 e. The zero-order valence-corrected chi connectivity index (χ0v) is 16.3. The standard InChI is InChI=1S/C22H24N2O6/c25-19(15-5-1-3-7-17(15)21(27)28)23-13-9-11-14(12-10-13)24-20(26)16-6-2-4-8-18(16)22(29)30/h1-4,9-12,15-18H,5-8H2,(H,23,25)(H,24,26)(H,27,28)(H,29,30). The highest BCUT2D eigenvalue weighted by Crippen LogP contribution is 2.29. The number of amides is 2. The topological polar surface area (TPSA) is 133 Å². The van der Waals surface area contributed by atoms with Gasteiger partial charge in [0.15, 0.2) is 0 Å². The molecule has 8 nitrogen and oxygen atoms in total. The second-order valence-corrected chi connectivity index (χ2v) is 7.54. The summed E-state index contributed by atoms with van der Waals surface area (Å²) in [4.78, 5) is 47.8. The van der Waals surface area contributed by atoms with Crippen LogP contribution in [0.3, 0.4) is 0 Å². The number of nitrogens with one attached hydrogen (secondary N) is 2. The van der Waals surface area contributed by atoms with E-state index in [1.807, 2.05) is 12.2 Å². The Kier molecular flexibility index (Phi) is 6.66. The molecule has 4 unspecified atom stereocenters. The SMILES string of the molecule is O=C(O)C1CC=CCC1C(=O)Nc1ccc(NC(=O)C2CC=CCC2C(=O)O)cc1. The van der Waals surface area contributed by atoms with Crippen molar-refractivity contribution in [3.05, 3.63) is 48.6 Å². The number of hydrogen-bond donors (Lipinski definition) is 4. The number of carboxylic acid groups (broad SMARTS) is 2. The molecule has 0 bridgehead atoms. The molecule has 2 aliphatic carbocycles. The van der Waals surface area contributed by atoms with Crippen molar-refractivity contribution in [1.82, 2.24) is 0 Å². The van der Waals surface area contributed by atoms with Crippen LogP contribution >= 0.6 is 0 Å². The molecular weight excluding hydrogens is 388 g/mol. The third kappa shape index (κ3) is 4.94. The normalized spacial score (nSPS) is 25.3. The average Bonchev–Trinajstić information content (AvgIpc) is 2.75. The molecule has 3 rings (SSSR count). The Bertz CT molecular complexity index is 816. The summed E-state index contributed by atoms with van der Waals surface area (Å²) in [5.41, 5.74) is 0.974. The molecule has 0 heterocycles. The predicted molar refractivity (Wildman–Crippen MR) is 110 cm³/mol. The highest BCUT2D eigenvalue weighted by atomic mass is 16.4. The number of carboxylic acids is 2. The van der Waals surface area contributed by atoms with Crippen molar-refractivity contribution in [2.45, 2.75) is 25.7 Å². The Balaban J connectivity index is 1.61. The molecule has 0 saturated heterocycles. The third-order valence-corrected chi connectivity index (χ3v) is 5.59. The van der Waals surface area contributed by atoms with Crippen molar-refractivity contribution >= 4 is 35.1 Å². The summed E-state index contributed by atoms with van der Waals surface area (Å²) in [6.45, 7) is 0. The maximum atomic E-state index is 12.5. The molecule has 0 aromatic heterocycles. The van der Waals surface area contributed by atoms with E-state index in [0.29, 0.717) is 37.1 Å². The van der Waals surface area contributed by atoms with Crippen molar-refractivity contribution in [2.75, 3.05) is 10.6 Å². The first-order chi connectivity index (χ1) is 14.4. The number of rotatable bonds is 6. The molecule has 1 aromatic carbocycles. The summed E-state index contributed by atoms with van der Waals surface area (Å²) < 4.78 is 0. The number of benzene rings is 1. The van der Waals surface area contributed by atoms with Gasteiger partial charge in [0.2, 0.25) is 11.8 Å². The lowest BCUT2D eigenvalue weighted by molar-refractivity contribution is -0.146. The van der Waals surface area contributed by atoms with E-state index in [2.05, 4.69) is 10.6 Å². The molecule has 0 radical (unpaired) electrons. The fourth-order valence-electron chi connectivity index (χ4n) is 3.86. The van der Waals surface area contributed by atoms with Crippen molar-refractivity contribution in [3.8, 4) is 0 Å². The van der Waals surface area contributed by atoms with Gasteiger partial charge in [0.05, 0.1) is 23.7 Å². The van der Waals surface area contributed by atoms with Gasteiger partial charge in [-0.2, -0.15) is 0 Å². The zero-order valence-electron chi connectivity index (χ0n) is 16.3. The summed E-state index contributed by atoms with van der Waals surface area (Å²) in [7, 11) is 0. The summed E-state index contributed by atoms with van der Waals surface area (Å²) in [6.07, 6.45) is 8.57. The Hall–Kier alpha value is -3.42. The van der Waals surface area contributed by atoms with Gasteiger partial charge in [-0.1, -0.05) is 24.3 Å². The second kappa shape index (κ2) is 9.39. The second-order valence-electron chi connectivity index (χ2n) is 7.54. The maximum Gasteiger partial charge on any atom is 0.307 e. The highest BCUT2D eigenvalue weighted by Gasteiger charge is 2.35. The molecule has 0 saturated carbocycles. The van der Waals surface area contributed by atoms with E-state index in [4.69, 9.17) is 0 Å². The summed E-state index contributed by atoms with van der Waals surface area (Å²) in [6, 6.07) is 6.43. The first kappa shape index (κ1) is 21.3. The van der Waals surface area contributed by atoms with Crippen molar-refractivity contribution in [3.63, 3.8) is 0 Å². The molecule has 2 aliphatic rings. The molecule has 4 N–H and O–H groups in total. The van der Waals surface area contributed by atoms with Crippen LogP contribution in [0.1, 0.15) is 25.7 Å². The van der Waals surface area contributed by atoms with Crippen LogP contribution in [-0.4, -0.2) is 34.0 Å². The minimum atomic E-state index is -0.991. The van der Waals surface area contributed by atoms with Gasteiger partial charge in [-0.05, 0) is 49.9 Å². The molecule has 2 amide bonds. The third-order valence-electron chi connectivity index (χ3n) is 5.59. The minimum absolute atomic E-state index is 0.325. The van der Waals surface area contributed by atoms with Gasteiger partial charge in [0.1, 0.15) is 0 Å². The van der Waals surface area contributed by atoms with Gasteiger partial charge >= 0.3 is 11.9 Å². The smallest absolute Gasteiger partial charge is 0.307 e.